The molecule has 0 radical (unpaired) electrons. The molecule has 1 aliphatic rings. The van der Waals surface area contributed by atoms with Gasteiger partial charge in [0.1, 0.15) is 17.5 Å². The van der Waals surface area contributed by atoms with Crippen LogP contribution < -0.4 is 11.1 Å². The molecule has 18 heavy (non-hydrogen) atoms. The minimum Gasteiger partial charge on any atom is -0.383 e. The van der Waals surface area contributed by atoms with Crippen LogP contribution in [0.5, 0.6) is 0 Å². The molecule has 0 spiro atoms. The van der Waals surface area contributed by atoms with Crippen LogP contribution in [-0.2, 0) is 0 Å². The Hall–Kier alpha value is -1.32. The normalized spacial score (nSPS) is 16.9. The maximum absolute atomic E-state index is 5.96. The van der Waals surface area contributed by atoms with Gasteiger partial charge in [0.15, 0.2) is 0 Å². The van der Waals surface area contributed by atoms with Gasteiger partial charge >= 0.3 is 0 Å². The quantitative estimate of drug-likeness (QED) is 0.840. The Kier molecular flexibility index (Phi) is 3.46. The standard InChI is InChI=1S/C14H24N4/c1-5-14(6-7-14)8-16-13-10(4)11(15)17-12(18-13)9(2)3/h9H,5-8H2,1-4H3,(H3,15,16,17,18). The van der Waals surface area contributed by atoms with Gasteiger partial charge in [-0.2, -0.15) is 0 Å². The number of nitrogen functional groups attached to an aromatic ring is 1. The number of nitrogens with zero attached hydrogens (tertiary/aromatic N) is 2. The number of anilines is 2. The molecule has 0 aliphatic heterocycles. The Labute approximate surface area is 109 Å². The Morgan fingerprint density at radius 1 is 1.33 bits per heavy atom. The Morgan fingerprint density at radius 2 is 2.00 bits per heavy atom. The first-order valence-corrected chi connectivity index (χ1v) is 6.85. The summed E-state index contributed by atoms with van der Waals surface area (Å²) >= 11 is 0. The number of nitrogens with one attached hydrogen (secondary N) is 1. The van der Waals surface area contributed by atoms with E-state index in [9.17, 15) is 0 Å². The third-order valence-electron chi connectivity index (χ3n) is 4.06. The van der Waals surface area contributed by atoms with Crippen molar-refractivity contribution in [3.63, 3.8) is 0 Å². The largest absolute Gasteiger partial charge is 0.383 e. The van der Waals surface area contributed by atoms with Crippen LogP contribution in [0.25, 0.3) is 0 Å². The number of hydrogen-bond donors (Lipinski definition) is 2. The second-order valence-corrected chi connectivity index (χ2v) is 5.80. The van der Waals surface area contributed by atoms with Gasteiger partial charge in [-0.15, -0.1) is 0 Å². The highest BCUT2D eigenvalue weighted by Gasteiger charge is 2.40. The zero-order chi connectivity index (χ0) is 13.3. The second kappa shape index (κ2) is 4.75. The highest BCUT2D eigenvalue weighted by molar-refractivity contribution is 5.55. The molecular weight excluding hydrogens is 224 g/mol. The van der Waals surface area contributed by atoms with E-state index >= 15 is 0 Å². The van der Waals surface area contributed by atoms with Crippen LogP contribution in [-0.4, -0.2) is 16.5 Å². The van der Waals surface area contributed by atoms with Gasteiger partial charge in [-0.3, -0.25) is 0 Å². The Morgan fingerprint density at radius 3 is 2.50 bits per heavy atom. The van der Waals surface area contributed by atoms with E-state index in [2.05, 4.69) is 36.1 Å². The number of aromatic nitrogens is 2. The molecule has 4 heteroatoms. The van der Waals surface area contributed by atoms with Gasteiger partial charge < -0.3 is 11.1 Å². The van der Waals surface area contributed by atoms with Gasteiger partial charge in [-0.25, -0.2) is 9.97 Å². The summed E-state index contributed by atoms with van der Waals surface area (Å²) in [5, 5.41) is 3.47. The van der Waals surface area contributed by atoms with Crippen molar-refractivity contribution in [2.45, 2.75) is 52.9 Å². The molecule has 2 rings (SSSR count). The van der Waals surface area contributed by atoms with Gasteiger partial charge in [-0.1, -0.05) is 20.8 Å². The van der Waals surface area contributed by atoms with Crippen molar-refractivity contribution in [1.29, 1.82) is 0 Å². The van der Waals surface area contributed by atoms with Crippen molar-refractivity contribution in [1.82, 2.24) is 9.97 Å². The molecule has 1 fully saturated rings. The molecule has 4 nitrogen and oxygen atoms in total. The minimum atomic E-state index is 0.300. The van der Waals surface area contributed by atoms with Crippen LogP contribution in [0.3, 0.4) is 0 Å². The van der Waals surface area contributed by atoms with Crippen LogP contribution in [0.15, 0.2) is 0 Å². The molecule has 0 aromatic carbocycles. The predicted octanol–water partition coefficient (Wildman–Crippen LogP) is 3.09. The summed E-state index contributed by atoms with van der Waals surface area (Å²) < 4.78 is 0. The lowest BCUT2D eigenvalue weighted by Gasteiger charge is -2.17. The zero-order valence-electron chi connectivity index (χ0n) is 11.9. The van der Waals surface area contributed by atoms with Crippen LogP contribution in [0.1, 0.15) is 57.3 Å². The van der Waals surface area contributed by atoms with E-state index in [0.717, 1.165) is 23.8 Å². The number of rotatable bonds is 5. The smallest absolute Gasteiger partial charge is 0.135 e. The maximum atomic E-state index is 5.96. The molecule has 1 aliphatic carbocycles. The first kappa shape index (κ1) is 13.1. The summed E-state index contributed by atoms with van der Waals surface area (Å²) in [6.45, 7) is 9.41. The van der Waals surface area contributed by atoms with Crippen LogP contribution in [0, 0.1) is 12.3 Å². The zero-order valence-corrected chi connectivity index (χ0v) is 11.9. The third kappa shape index (κ3) is 2.57. The third-order valence-corrected chi connectivity index (χ3v) is 4.06. The average Bonchev–Trinajstić information content (AvgIpc) is 3.11. The van der Waals surface area contributed by atoms with Crippen molar-refractivity contribution in [3.05, 3.63) is 11.4 Å². The van der Waals surface area contributed by atoms with E-state index in [-0.39, 0.29) is 0 Å². The fourth-order valence-corrected chi connectivity index (χ4v) is 2.09. The molecule has 3 N–H and O–H groups in total. The highest BCUT2D eigenvalue weighted by Crippen LogP contribution is 2.48. The highest BCUT2D eigenvalue weighted by atomic mass is 15.1. The van der Waals surface area contributed by atoms with Crippen molar-refractivity contribution in [3.8, 4) is 0 Å². The molecule has 0 saturated heterocycles. The lowest BCUT2D eigenvalue weighted by atomic mass is 10.0. The molecule has 1 heterocycles. The van der Waals surface area contributed by atoms with Gasteiger partial charge in [0.2, 0.25) is 0 Å². The monoisotopic (exact) mass is 248 g/mol. The van der Waals surface area contributed by atoms with Crippen LogP contribution in [0.2, 0.25) is 0 Å². The van der Waals surface area contributed by atoms with Crippen molar-refractivity contribution in [2.75, 3.05) is 17.6 Å². The van der Waals surface area contributed by atoms with Crippen molar-refractivity contribution < 1.29 is 0 Å². The summed E-state index contributed by atoms with van der Waals surface area (Å²) in [4.78, 5) is 8.94. The first-order valence-electron chi connectivity index (χ1n) is 6.85. The molecule has 1 aromatic rings. The van der Waals surface area contributed by atoms with Gasteiger partial charge in [0.25, 0.3) is 0 Å². The van der Waals surface area contributed by atoms with Crippen molar-refractivity contribution in [2.24, 2.45) is 5.41 Å². The first-order chi connectivity index (χ1) is 8.47. The molecule has 0 bridgehead atoms. The van der Waals surface area contributed by atoms with E-state index in [0.29, 0.717) is 17.2 Å². The lowest BCUT2D eigenvalue weighted by molar-refractivity contribution is 0.520. The van der Waals surface area contributed by atoms with Gasteiger partial charge in [-0.05, 0) is 31.6 Å². The molecule has 1 aromatic heterocycles. The summed E-state index contributed by atoms with van der Waals surface area (Å²) in [7, 11) is 0. The topological polar surface area (TPSA) is 63.8 Å². The van der Waals surface area contributed by atoms with E-state index in [4.69, 9.17) is 5.73 Å². The Bertz CT molecular complexity index is 436. The SMILES string of the molecule is CCC1(CNc2nc(C(C)C)nc(N)c2C)CC1. The fourth-order valence-electron chi connectivity index (χ4n) is 2.09. The molecule has 100 valence electrons. The van der Waals surface area contributed by atoms with E-state index in [1.54, 1.807) is 0 Å². The average molecular weight is 248 g/mol. The lowest BCUT2D eigenvalue weighted by Crippen LogP contribution is -2.17. The summed E-state index contributed by atoms with van der Waals surface area (Å²) in [6, 6.07) is 0. The molecule has 1 saturated carbocycles. The second-order valence-electron chi connectivity index (χ2n) is 5.80. The van der Waals surface area contributed by atoms with Crippen LogP contribution >= 0.6 is 0 Å². The van der Waals surface area contributed by atoms with E-state index < -0.39 is 0 Å². The maximum Gasteiger partial charge on any atom is 0.135 e. The summed E-state index contributed by atoms with van der Waals surface area (Å²) in [5.41, 5.74) is 7.42. The predicted molar refractivity (Wildman–Crippen MR) is 75.7 cm³/mol. The Balaban J connectivity index is 2.16. The minimum absolute atomic E-state index is 0.300. The van der Waals surface area contributed by atoms with E-state index in [1.807, 2.05) is 6.92 Å². The number of hydrogen-bond acceptors (Lipinski definition) is 4. The fraction of sp³-hybridized carbons (Fsp3) is 0.714. The molecular formula is C14H24N4. The molecule has 0 unspecified atom stereocenters. The molecule has 0 amide bonds. The number of nitrogens with two attached hydrogens (primary N) is 1. The summed E-state index contributed by atoms with van der Waals surface area (Å²) in [5.74, 6) is 2.62. The van der Waals surface area contributed by atoms with Crippen molar-refractivity contribution >= 4 is 11.6 Å². The van der Waals surface area contributed by atoms with Gasteiger partial charge in [0.05, 0.1) is 0 Å². The summed E-state index contributed by atoms with van der Waals surface area (Å²) in [6.07, 6.45) is 3.89. The van der Waals surface area contributed by atoms with Crippen LogP contribution in [0.4, 0.5) is 11.6 Å². The van der Waals surface area contributed by atoms with E-state index in [1.165, 1.54) is 19.3 Å². The molecule has 0 atom stereocenters. The van der Waals surface area contributed by atoms with Gasteiger partial charge in [0, 0.05) is 18.0 Å².